The van der Waals surface area contributed by atoms with Crippen LogP contribution < -0.4 is 0 Å². The molecule has 0 saturated heterocycles. The van der Waals surface area contributed by atoms with E-state index in [1.165, 1.54) is 0 Å². The molecule has 0 heterocycles. The van der Waals surface area contributed by atoms with E-state index in [1.54, 1.807) is 0 Å². The number of rotatable bonds is 1. The van der Waals surface area contributed by atoms with Crippen molar-refractivity contribution in [3.63, 3.8) is 0 Å². The summed E-state index contributed by atoms with van der Waals surface area (Å²) in [6.07, 6.45) is 0.333. The van der Waals surface area contributed by atoms with E-state index in [0.29, 0.717) is 6.21 Å². The van der Waals surface area contributed by atoms with Crippen LogP contribution in [0.2, 0.25) is 0 Å². The van der Waals surface area contributed by atoms with E-state index in [9.17, 15) is 0 Å². The number of halogens is 1. The summed E-state index contributed by atoms with van der Waals surface area (Å²) in [6, 6.07) is 0. The lowest BCUT2D eigenvalue weighted by atomic mass is 10.8. The minimum atomic E-state index is -1.20. The Morgan fingerprint density at radius 2 is 2.00 bits per heavy atom. The molecule has 0 spiro atoms. The monoisotopic (exact) mass is 153 g/mol. The zero-order valence-electron chi connectivity index (χ0n) is 2.84. The van der Waals surface area contributed by atoms with Crippen molar-refractivity contribution in [1.82, 2.24) is 0 Å². The third-order valence-electron chi connectivity index (χ3n) is 0.123. The average molecular weight is 154 g/mol. The minimum Gasteiger partial charge on any atom is -0.477 e. The summed E-state index contributed by atoms with van der Waals surface area (Å²) in [5.74, 6) is -1.20. The highest BCUT2D eigenvalue weighted by Crippen LogP contribution is 1.40. The molecular formula is C2H4BrNO2. The number of carboxylic acids is 1. The fraction of sp³-hybridized carbons (Fsp3) is 0. The maximum Gasteiger partial charge on any atom is 0.346 e. The van der Waals surface area contributed by atoms with Crippen LogP contribution in [-0.2, 0) is 4.79 Å². The molecular weight excluding hydrogens is 150 g/mol. The molecule has 2 N–H and O–H groups in total. The molecule has 0 atom stereocenters. The molecule has 6 heavy (non-hydrogen) atoms. The fourth-order valence-corrected chi connectivity index (χ4v) is 0. The van der Waals surface area contributed by atoms with Crippen molar-refractivity contribution in [1.29, 1.82) is 5.41 Å². The molecule has 0 fully saturated rings. The average Bonchev–Trinajstić information content (AvgIpc) is 1.38. The Labute approximate surface area is 45.3 Å². The molecule has 0 aliphatic heterocycles. The molecule has 4 heteroatoms. The van der Waals surface area contributed by atoms with Gasteiger partial charge in [-0.1, -0.05) is 0 Å². The highest BCUT2D eigenvalue weighted by Gasteiger charge is 1.76. The highest BCUT2D eigenvalue weighted by molar-refractivity contribution is 8.93. The van der Waals surface area contributed by atoms with Gasteiger partial charge < -0.3 is 10.5 Å². The second kappa shape index (κ2) is 4.62. The van der Waals surface area contributed by atoms with Crippen molar-refractivity contribution in [2.24, 2.45) is 0 Å². The normalized spacial score (nSPS) is 5.33. The van der Waals surface area contributed by atoms with Crippen LogP contribution >= 0.6 is 17.0 Å². The zero-order chi connectivity index (χ0) is 4.28. The van der Waals surface area contributed by atoms with Crippen LogP contribution in [0.15, 0.2) is 0 Å². The molecule has 3 nitrogen and oxygen atoms in total. The molecule has 0 saturated carbocycles. The Morgan fingerprint density at radius 3 is 2.00 bits per heavy atom. The van der Waals surface area contributed by atoms with Gasteiger partial charge >= 0.3 is 5.97 Å². The first-order chi connectivity index (χ1) is 2.27. The van der Waals surface area contributed by atoms with Crippen molar-refractivity contribution in [3.8, 4) is 0 Å². The first-order valence-corrected chi connectivity index (χ1v) is 1.01. The lowest BCUT2D eigenvalue weighted by Crippen LogP contribution is -1.91. The molecule has 0 aliphatic carbocycles. The lowest BCUT2D eigenvalue weighted by Gasteiger charge is -1.63. The molecule has 0 rings (SSSR count). The van der Waals surface area contributed by atoms with Gasteiger partial charge in [0.25, 0.3) is 0 Å². The summed E-state index contributed by atoms with van der Waals surface area (Å²) in [5, 5.41) is 13.4. The molecule has 0 radical (unpaired) electrons. The number of carboxylic acid groups (broad SMARTS) is 1. The number of nitrogens with one attached hydrogen (secondary N) is 1. The maximum absolute atomic E-state index is 9.12. The molecule has 0 amide bonds. The van der Waals surface area contributed by atoms with Crippen molar-refractivity contribution in [2.45, 2.75) is 0 Å². The van der Waals surface area contributed by atoms with Crippen LogP contribution in [0.25, 0.3) is 0 Å². The maximum atomic E-state index is 9.12. The van der Waals surface area contributed by atoms with Gasteiger partial charge in [-0.15, -0.1) is 17.0 Å². The topological polar surface area (TPSA) is 61.2 Å². The summed E-state index contributed by atoms with van der Waals surface area (Å²) < 4.78 is 0. The van der Waals surface area contributed by atoms with Crippen LogP contribution in [-0.4, -0.2) is 17.3 Å². The smallest absolute Gasteiger partial charge is 0.346 e. The predicted molar refractivity (Wildman–Crippen MR) is 26.7 cm³/mol. The van der Waals surface area contributed by atoms with E-state index >= 15 is 0 Å². The zero-order valence-corrected chi connectivity index (χ0v) is 4.55. The van der Waals surface area contributed by atoms with Gasteiger partial charge in [-0.05, 0) is 0 Å². The van der Waals surface area contributed by atoms with Crippen molar-refractivity contribution in [3.05, 3.63) is 0 Å². The van der Waals surface area contributed by atoms with Gasteiger partial charge in [-0.25, -0.2) is 4.79 Å². The lowest BCUT2D eigenvalue weighted by molar-refractivity contribution is -0.128. The summed E-state index contributed by atoms with van der Waals surface area (Å²) in [7, 11) is 0. The third kappa shape index (κ3) is 9.47. The number of hydrogen-bond donors (Lipinski definition) is 2. The van der Waals surface area contributed by atoms with E-state index in [4.69, 9.17) is 15.3 Å². The van der Waals surface area contributed by atoms with E-state index in [2.05, 4.69) is 0 Å². The van der Waals surface area contributed by atoms with Gasteiger partial charge in [0.2, 0.25) is 0 Å². The SMILES string of the molecule is Br.N=CC(=O)O. The minimum absolute atomic E-state index is 0. The quantitative estimate of drug-likeness (QED) is 0.533. The van der Waals surface area contributed by atoms with Gasteiger partial charge in [-0.2, -0.15) is 0 Å². The number of carbonyl (C=O) groups is 1. The first kappa shape index (κ1) is 9.15. The van der Waals surface area contributed by atoms with Crippen molar-refractivity contribution in [2.75, 3.05) is 0 Å². The Bertz CT molecular complexity index is 62.6. The van der Waals surface area contributed by atoms with Gasteiger partial charge in [-0.3, -0.25) is 0 Å². The van der Waals surface area contributed by atoms with E-state index in [1.807, 2.05) is 0 Å². The third-order valence-corrected chi connectivity index (χ3v) is 0.123. The standard InChI is InChI=1S/C2H3NO2.BrH/c3-1-2(4)5;/h1,3H,(H,4,5);1H. The van der Waals surface area contributed by atoms with Crippen LogP contribution in [0, 0.1) is 5.41 Å². The number of aliphatic carboxylic acids is 1. The Hall–Kier alpha value is -0.380. The fourth-order valence-electron chi connectivity index (χ4n) is 0. The van der Waals surface area contributed by atoms with E-state index in [-0.39, 0.29) is 17.0 Å². The molecule has 0 aromatic rings. The number of hydrogen-bond acceptors (Lipinski definition) is 2. The largest absolute Gasteiger partial charge is 0.477 e. The van der Waals surface area contributed by atoms with Gasteiger partial charge in [0.15, 0.2) is 0 Å². The molecule has 36 valence electrons. The molecule has 0 aromatic carbocycles. The van der Waals surface area contributed by atoms with Crippen molar-refractivity contribution < 1.29 is 9.90 Å². The van der Waals surface area contributed by atoms with Crippen LogP contribution in [0.3, 0.4) is 0 Å². The molecule has 0 aromatic heterocycles. The summed E-state index contributed by atoms with van der Waals surface area (Å²) in [5.41, 5.74) is 0. The summed E-state index contributed by atoms with van der Waals surface area (Å²) in [4.78, 5) is 9.12. The van der Waals surface area contributed by atoms with Crippen LogP contribution in [0.5, 0.6) is 0 Å². The van der Waals surface area contributed by atoms with Crippen LogP contribution in [0.4, 0.5) is 0 Å². The van der Waals surface area contributed by atoms with Gasteiger partial charge in [0, 0.05) is 0 Å². The van der Waals surface area contributed by atoms with E-state index < -0.39 is 5.97 Å². The first-order valence-electron chi connectivity index (χ1n) is 1.01. The Balaban J connectivity index is 0. The Morgan fingerprint density at radius 1 is 1.83 bits per heavy atom. The van der Waals surface area contributed by atoms with Gasteiger partial charge in [0.05, 0.1) is 0 Å². The van der Waals surface area contributed by atoms with E-state index in [0.717, 1.165) is 0 Å². The second-order valence-electron chi connectivity index (χ2n) is 0.483. The van der Waals surface area contributed by atoms with Crippen LogP contribution in [0.1, 0.15) is 0 Å². The van der Waals surface area contributed by atoms with Crippen molar-refractivity contribution >= 4 is 29.2 Å². The highest BCUT2D eigenvalue weighted by atomic mass is 79.9. The molecule has 0 bridgehead atoms. The Kier molecular flexibility index (Phi) is 7.05. The molecule has 0 aliphatic rings. The predicted octanol–water partition coefficient (Wildman–Crippen LogP) is 0.298. The second-order valence-corrected chi connectivity index (χ2v) is 0.483. The molecule has 0 unspecified atom stereocenters. The summed E-state index contributed by atoms with van der Waals surface area (Å²) >= 11 is 0. The summed E-state index contributed by atoms with van der Waals surface area (Å²) in [6.45, 7) is 0. The van der Waals surface area contributed by atoms with Gasteiger partial charge in [0.1, 0.15) is 6.21 Å².